The molecule has 106 valence electrons. The zero-order valence-corrected chi connectivity index (χ0v) is 12.3. The Balaban J connectivity index is 3.06. The molecule has 5 nitrogen and oxygen atoms in total. The summed E-state index contributed by atoms with van der Waals surface area (Å²) in [6.07, 6.45) is 1.66. The maximum Gasteiger partial charge on any atom is 0.336 e. The molecule has 2 N–H and O–H groups in total. The number of aromatic nitrogens is 1. The Labute approximate surface area is 116 Å². The first kappa shape index (κ1) is 15.8. The first-order valence-electron chi connectivity index (χ1n) is 6.38. The smallest absolute Gasteiger partial charge is 0.336 e. The van der Waals surface area contributed by atoms with E-state index in [-0.39, 0.29) is 11.6 Å². The van der Waals surface area contributed by atoms with Crippen LogP contribution in [-0.2, 0) is 11.2 Å². The van der Waals surface area contributed by atoms with Crippen molar-refractivity contribution >= 4 is 23.0 Å². The number of nitrogens with zero attached hydrogens (tertiary/aromatic N) is 1. The molecule has 0 spiro atoms. The van der Waals surface area contributed by atoms with E-state index in [1.54, 1.807) is 0 Å². The van der Waals surface area contributed by atoms with E-state index >= 15 is 0 Å². The van der Waals surface area contributed by atoms with Crippen LogP contribution in [0.3, 0.4) is 0 Å². The Morgan fingerprint density at radius 3 is 2.74 bits per heavy atom. The first-order chi connectivity index (χ1) is 8.97. The number of aromatic carboxylic acids is 1. The summed E-state index contributed by atoms with van der Waals surface area (Å²) in [7, 11) is 0. The number of carbonyl (C=O) groups is 1. The van der Waals surface area contributed by atoms with Gasteiger partial charge in [-0.3, -0.25) is 0 Å². The van der Waals surface area contributed by atoms with Gasteiger partial charge in [0.2, 0.25) is 5.03 Å². The van der Waals surface area contributed by atoms with Crippen molar-refractivity contribution < 1.29 is 14.5 Å². The lowest BCUT2D eigenvalue weighted by atomic mass is 10.2. The Morgan fingerprint density at radius 1 is 1.53 bits per heavy atom. The quantitative estimate of drug-likeness (QED) is 0.751. The van der Waals surface area contributed by atoms with Crippen LogP contribution in [0.25, 0.3) is 0 Å². The molecule has 1 heterocycles. The molecule has 1 aromatic heterocycles. The van der Waals surface area contributed by atoms with Crippen molar-refractivity contribution in [1.29, 1.82) is 0 Å². The van der Waals surface area contributed by atoms with Crippen LogP contribution in [0.2, 0.25) is 0 Å². The van der Waals surface area contributed by atoms with E-state index in [4.69, 9.17) is 5.11 Å². The number of carboxylic acid groups (broad SMARTS) is 1. The number of rotatable bonds is 7. The van der Waals surface area contributed by atoms with Crippen molar-refractivity contribution in [2.24, 2.45) is 0 Å². The van der Waals surface area contributed by atoms with Gasteiger partial charge in [-0.15, -0.1) is 0 Å². The van der Waals surface area contributed by atoms with Crippen molar-refractivity contribution in [3.8, 4) is 0 Å². The molecular formula is C13H20N2O3S. The van der Waals surface area contributed by atoms with E-state index in [2.05, 4.69) is 10.3 Å². The van der Waals surface area contributed by atoms with Crippen LogP contribution in [0, 0.1) is 0 Å². The van der Waals surface area contributed by atoms with Crippen LogP contribution >= 0.6 is 0 Å². The molecule has 1 rings (SSSR count). The zero-order chi connectivity index (χ0) is 14.4. The fourth-order valence-electron chi connectivity index (χ4n) is 1.46. The second-order valence-corrected chi connectivity index (χ2v) is 5.91. The van der Waals surface area contributed by atoms with Crippen LogP contribution in [0.1, 0.15) is 44.0 Å². The Kier molecular flexibility index (Phi) is 6.11. The maximum atomic E-state index is 12.0. The van der Waals surface area contributed by atoms with Gasteiger partial charge in [0, 0.05) is 23.3 Å². The van der Waals surface area contributed by atoms with Crippen LogP contribution < -0.4 is 5.32 Å². The minimum atomic E-state index is -1.25. The lowest BCUT2D eigenvalue weighted by Crippen LogP contribution is -2.17. The summed E-state index contributed by atoms with van der Waals surface area (Å²) in [4.78, 5) is 15.3. The summed E-state index contributed by atoms with van der Waals surface area (Å²) in [5.41, 5.74) is 0.111. The molecule has 1 aromatic rings. The molecule has 6 heteroatoms. The highest BCUT2D eigenvalue weighted by atomic mass is 32.2. The normalized spacial score (nSPS) is 13.9. The van der Waals surface area contributed by atoms with Crippen molar-refractivity contribution in [2.75, 3.05) is 11.1 Å². The molecular weight excluding hydrogens is 264 g/mol. The van der Waals surface area contributed by atoms with Crippen LogP contribution in [-0.4, -0.2) is 32.4 Å². The predicted octanol–water partition coefficient (Wildman–Crippen LogP) is 2.51. The second kappa shape index (κ2) is 7.35. The number of nitrogens with one attached hydrogen (secondary N) is 1. The number of carboxylic acids is 1. The van der Waals surface area contributed by atoms with Crippen LogP contribution in [0.15, 0.2) is 17.2 Å². The van der Waals surface area contributed by atoms with Gasteiger partial charge in [0.05, 0.1) is 5.56 Å². The first-order valence-corrected chi connectivity index (χ1v) is 7.70. The molecule has 2 atom stereocenters. The molecule has 0 radical (unpaired) electrons. The number of anilines is 1. The SMILES string of the molecule is CCC[S@+]([O-])c1cc(C(=O)O)cc(NC(C)CC)n1. The fraction of sp³-hybridized carbons (Fsp3) is 0.538. The minimum Gasteiger partial charge on any atom is -0.610 e. The zero-order valence-electron chi connectivity index (χ0n) is 11.5. The summed E-state index contributed by atoms with van der Waals surface area (Å²) in [5, 5.41) is 12.5. The number of pyridine rings is 1. The molecule has 0 amide bonds. The average molecular weight is 284 g/mol. The van der Waals surface area contributed by atoms with E-state index in [0.717, 1.165) is 12.8 Å². The van der Waals surface area contributed by atoms with Crippen molar-refractivity contribution in [2.45, 2.75) is 44.7 Å². The van der Waals surface area contributed by atoms with E-state index in [9.17, 15) is 9.35 Å². The van der Waals surface area contributed by atoms with Gasteiger partial charge in [-0.05, 0) is 25.8 Å². The monoisotopic (exact) mass is 284 g/mol. The van der Waals surface area contributed by atoms with Crippen molar-refractivity contribution in [1.82, 2.24) is 4.98 Å². The van der Waals surface area contributed by atoms with Gasteiger partial charge in [-0.2, -0.15) is 4.98 Å². The number of hydrogen-bond acceptors (Lipinski definition) is 4. The van der Waals surface area contributed by atoms with E-state index in [0.29, 0.717) is 16.6 Å². The fourth-order valence-corrected chi connectivity index (χ4v) is 2.50. The van der Waals surface area contributed by atoms with Crippen LogP contribution in [0.4, 0.5) is 5.82 Å². The average Bonchev–Trinajstić information content (AvgIpc) is 2.38. The van der Waals surface area contributed by atoms with E-state index in [1.807, 2.05) is 20.8 Å². The topological polar surface area (TPSA) is 85.3 Å². The third-order valence-corrected chi connectivity index (χ3v) is 4.13. The largest absolute Gasteiger partial charge is 0.610 e. The summed E-state index contributed by atoms with van der Waals surface area (Å²) >= 11 is -1.25. The molecule has 0 bridgehead atoms. The molecule has 0 aliphatic heterocycles. The van der Waals surface area contributed by atoms with Gasteiger partial charge >= 0.3 is 5.97 Å². The summed E-state index contributed by atoms with van der Waals surface area (Å²) in [6, 6.07) is 3.04. The van der Waals surface area contributed by atoms with Gasteiger partial charge < -0.3 is 15.0 Å². The molecule has 1 unspecified atom stereocenters. The molecule has 0 aliphatic carbocycles. The third kappa shape index (κ3) is 4.72. The van der Waals surface area contributed by atoms with Gasteiger partial charge in [0.25, 0.3) is 0 Å². The van der Waals surface area contributed by atoms with Gasteiger partial charge in [-0.25, -0.2) is 4.79 Å². The highest BCUT2D eigenvalue weighted by Crippen LogP contribution is 2.17. The number of hydrogen-bond donors (Lipinski definition) is 2. The summed E-state index contributed by atoms with van der Waals surface area (Å²) in [6.45, 7) is 5.93. The van der Waals surface area contributed by atoms with Gasteiger partial charge in [-0.1, -0.05) is 13.8 Å². The van der Waals surface area contributed by atoms with Crippen molar-refractivity contribution in [3.05, 3.63) is 17.7 Å². The summed E-state index contributed by atoms with van der Waals surface area (Å²) in [5.74, 6) is -0.0863. The van der Waals surface area contributed by atoms with E-state index < -0.39 is 17.1 Å². The van der Waals surface area contributed by atoms with E-state index in [1.165, 1.54) is 12.1 Å². The molecule has 0 aromatic carbocycles. The lowest BCUT2D eigenvalue weighted by Gasteiger charge is -2.15. The third-order valence-electron chi connectivity index (χ3n) is 2.68. The Morgan fingerprint density at radius 2 is 2.21 bits per heavy atom. The minimum absolute atomic E-state index is 0.111. The van der Waals surface area contributed by atoms with Gasteiger partial charge in [0.15, 0.2) is 0 Å². The summed E-state index contributed by atoms with van der Waals surface area (Å²) < 4.78 is 12.0. The Bertz CT molecular complexity index is 440. The van der Waals surface area contributed by atoms with Gasteiger partial charge in [0.1, 0.15) is 11.6 Å². The standard InChI is InChI=1S/C13H20N2O3S/c1-4-6-19(18)12-8-10(13(16)17)7-11(15-12)14-9(3)5-2/h7-9H,4-6H2,1-3H3,(H,14,15)(H,16,17)/t9?,19-/m0/s1. The lowest BCUT2D eigenvalue weighted by molar-refractivity contribution is 0.0696. The predicted molar refractivity (Wildman–Crippen MR) is 76.1 cm³/mol. The molecule has 0 saturated carbocycles. The molecule has 0 saturated heterocycles. The maximum absolute atomic E-state index is 12.0. The highest BCUT2D eigenvalue weighted by Gasteiger charge is 2.17. The Hall–Kier alpha value is -1.27. The molecule has 0 fully saturated rings. The van der Waals surface area contributed by atoms with Crippen LogP contribution in [0.5, 0.6) is 0 Å². The highest BCUT2D eigenvalue weighted by molar-refractivity contribution is 7.91. The molecule has 0 aliphatic rings. The van der Waals surface area contributed by atoms with Crippen molar-refractivity contribution in [3.63, 3.8) is 0 Å². The molecule has 19 heavy (non-hydrogen) atoms. The second-order valence-electron chi connectivity index (χ2n) is 4.39.